The van der Waals surface area contributed by atoms with E-state index in [0.717, 1.165) is 40.2 Å². The molecule has 2 aliphatic heterocycles. The summed E-state index contributed by atoms with van der Waals surface area (Å²) >= 11 is 8.30. The van der Waals surface area contributed by atoms with Gasteiger partial charge in [0.05, 0.1) is 11.8 Å². The second kappa shape index (κ2) is 12.8. The summed E-state index contributed by atoms with van der Waals surface area (Å²) in [4.78, 5) is 64.6. The van der Waals surface area contributed by atoms with Gasteiger partial charge in [-0.1, -0.05) is 28.1 Å². The molecular weight excluding hydrogens is 638 g/mol. The molecule has 0 radical (unpaired) electrons. The van der Waals surface area contributed by atoms with E-state index in [0.29, 0.717) is 12.1 Å². The molecule has 3 atom stereocenters. The van der Waals surface area contributed by atoms with E-state index in [4.69, 9.17) is 33.0 Å². The lowest BCUT2D eigenvalue weighted by Crippen LogP contribution is -2.71. The first kappa shape index (κ1) is 31.2. The number of β-lactam (4-membered cyclic amide) rings is 1. The van der Waals surface area contributed by atoms with Crippen LogP contribution in [0.4, 0.5) is 5.13 Å². The fourth-order valence-corrected chi connectivity index (χ4v) is 6.92. The highest BCUT2D eigenvalue weighted by Gasteiger charge is 2.55. The Morgan fingerprint density at radius 1 is 1.36 bits per heavy atom. The molecule has 3 aromatic rings. The molecule has 7 N–H and O–H groups in total. The minimum Gasteiger partial charge on any atom is -0.478 e. The molecule has 5 heterocycles. The van der Waals surface area contributed by atoms with Crippen LogP contribution in [0.3, 0.4) is 0 Å². The van der Waals surface area contributed by atoms with E-state index in [1.807, 2.05) is 23.0 Å². The molecule has 2 amide bonds. The number of nitrogens with two attached hydrogens (primary N) is 2. The summed E-state index contributed by atoms with van der Waals surface area (Å²) in [5, 5.41) is 24.7. The molecule has 0 bridgehead atoms. The number of aliphatic carboxylic acids is 2. The lowest BCUT2D eigenvalue weighted by atomic mass is 10.0. The van der Waals surface area contributed by atoms with E-state index in [-0.39, 0.29) is 33.2 Å². The summed E-state index contributed by atoms with van der Waals surface area (Å²) in [6.07, 6.45) is 4.75. The third-order valence-electron chi connectivity index (χ3n) is 6.82. The van der Waals surface area contributed by atoms with E-state index in [9.17, 15) is 24.3 Å². The Labute approximate surface area is 262 Å². The van der Waals surface area contributed by atoms with Crippen LogP contribution in [0.15, 0.2) is 41.2 Å². The molecule has 0 spiro atoms. The Balaban J connectivity index is 1.35. The number of rotatable bonds is 12. The van der Waals surface area contributed by atoms with Gasteiger partial charge in [0.25, 0.3) is 11.8 Å². The Morgan fingerprint density at radius 2 is 2.14 bits per heavy atom. The molecule has 3 aromatic heterocycles. The number of halogens is 1. The van der Waals surface area contributed by atoms with Crippen LogP contribution in [0.5, 0.6) is 0 Å². The number of carboxylic acids is 2. The number of carbonyl (C=O) groups is 4. The number of nitrogens with one attached hydrogen (secondary N) is 1. The molecule has 19 heteroatoms. The number of hydrogen-bond acceptors (Lipinski definition) is 12. The van der Waals surface area contributed by atoms with Crippen LogP contribution >= 0.6 is 34.7 Å². The van der Waals surface area contributed by atoms with Crippen molar-refractivity contribution in [1.29, 1.82) is 0 Å². The van der Waals surface area contributed by atoms with Crippen molar-refractivity contribution in [3.63, 3.8) is 0 Å². The van der Waals surface area contributed by atoms with Crippen molar-refractivity contribution >= 4 is 80.3 Å². The van der Waals surface area contributed by atoms with Crippen molar-refractivity contribution in [3.05, 3.63) is 46.1 Å². The number of nitrogen functional groups attached to an aromatic ring is 1. The number of anilines is 1. The maximum atomic E-state index is 13.3. The predicted octanol–water partition coefficient (Wildman–Crippen LogP) is -0.00270. The van der Waals surface area contributed by atoms with Gasteiger partial charge >= 0.3 is 11.9 Å². The van der Waals surface area contributed by atoms with Crippen molar-refractivity contribution in [2.24, 2.45) is 10.9 Å². The topological polar surface area (TPSA) is 232 Å². The van der Waals surface area contributed by atoms with Crippen LogP contribution in [0, 0.1) is 0 Å². The van der Waals surface area contributed by atoms with E-state index < -0.39 is 47.0 Å². The van der Waals surface area contributed by atoms with Gasteiger partial charge in [-0.05, 0) is 19.9 Å². The number of carbonyl (C=O) groups excluding carboxylic acids is 2. The van der Waals surface area contributed by atoms with E-state index in [1.165, 1.54) is 18.7 Å². The fraction of sp³-hybridized carbons (Fsp3) is 0.360. The van der Waals surface area contributed by atoms with Gasteiger partial charge in [-0.2, -0.15) is 4.57 Å². The van der Waals surface area contributed by atoms with Crippen LogP contribution in [-0.4, -0.2) is 88.9 Å². The molecule has 44 heavy (non-hydrogen) atoms. The van der Waals surface area contributed by atoms with Crippen molar-refractivity contribution in [2.75, 3.05) is 18.0 Å². The van der Waals surface area contributed by atoms with Gasteiger partial charge < -0.3 is 36.4 Å². The minimum absolute atomic E-state index is 0.00432. The summed E-state index contributed by atoms with van der Waals surface area (Å²) in [6, 6.07) is 0.781. The summed E-state index contributed by atoms with van der Waals surface area (Å²) < 4.78 is 3.79. The number of thiazole rings is 1. The van der Waals surface area contributed by atoms with Crippen molar-refractivity contribution in [3.8, 4) is 0 Å². The third-order valence-corrected chi connectivity index (χ3v) is 9.25. The molecule has 5 rings (SSSR count). The molecular formula is C25H27ClN9O7S2+. The maximum Gasteiger partial charge on any atom is 0.352 e. The SMILES string of the molecule is C[C@H](O/N=C(\C(=O)N[C@@H]1C(=O)N2C(C(=O)O)=C(C[n+]3ccc4c(c3)ncn4CCCN)CSC12)c1nc(N)sc1Cl)C(=O)O. The minimum atomic E-state index is -1.41. The monoisotopic (exact) mass is 664 g/mol. The number of oxime groups is 1. The first-order chi connectivity index (χ1) is 21.0. The average molecular weight is 665 g/mol. The van der Waals surface area contributed by atoms with Gasteiger partial charge in [-0.25, -0.2) is 19.6 Å². The fourth-order valence-electron chi connectivity index (χ4n) is 4.66. The number of nitrogens with zero attached hydrogens (tertiary/aromatic N) is 6. The molecule has 1 saturated heterocycles. The number of amides is 2. The molecule has 1 unspecified atom stereocenters. The number of aromatic nitrogens is 4. The average Bonchev–Trinajstić information content (AvgIpc) is 3.55. The number of hydrogen-bond donors (Lipinski definition) is 5. The van der Waals surface area contributed by atoms with Crippen molar-refractivity contribution < 1.29 is 38.8 Å². The first-order valence-corrected chi connectivity index (χ1v) is 15.4. The Bertz CT molecular complexity index is 1720. The van der Waals surface area contributed by atoms with Crippen LogP contribution < -0.4 is 21.4 Å². The van der Waals surface area contributed by atoms with Gasteiger partial charge in [-0.15, -0.1) is 11.8 Å². The van der Waals surface area contributed by atoms with Crippen LogP contribution in [0.2, 0.25) is 4.34 Å². The molecule has 1 fully saturated rings. The largest absolute Gasteiger partial charge is 0.478 e. The summed E-state index contributed by atoms with van der Waals surface area (Å²) in [5.41, 5.74) is 12.7. The number of pyridine rings is 1. The van der Waals surface area contributed by atoms with Gasteiger partial charge in [0.1, 0.15) is 27.1 Å². The smallest absolute Gasteiger partial charge is 0.352 e. The summed E-state index contributed by atoms with van der Waals surface area (Å²) in [7, 11) is 0. The lowest BCUT2D eigenvalue weighted by molar-refractivity contribution is -0.687. The third kappa shape index (κ3) is 6.05. The maximum absolute atomic E-state index is 13.3. The summed E-state index contributed by atoms with van der Waals surface area (Å²) in [5.74, 6) is -3.92. The number of imidazole rings is 1. The normalized spacial score (nSPS) is 19.0. The number of carboxylic acid groups (broad SMARTS) is 2. The molecule has 0 aromatic carbocycles. The van der Waals surface area contributed by atoms with Crippen molar-refractivity contribution in [1.82, 2.24) is 24.8 Å². The Hall–Kier alpha value is -4.26. The molecule has 232 valence electrons. The zero-order chi connectivity index (χ0) is 31.7. The lowest BCUT2D eigenvalue weighted by Gasteiger charge is -2.49. The zero-order valence-corrected chi connectivity index (χ0v) is 25.4. The Kier molecular flexibility index (Phi) is 9.05. The van der Waals surface area contributed by atoms with Crippen LogP contribution in [0.1, 0.15) is 19.0 Å². The number of thioether (sulfide) groups is 1. The summed E-state index contributed by atoms with van der Waals surface area (Å²) in [6.45, 7) is 2.69. The van der Waals surface area contributed by atoms with E-state index >= 15 is 0 Å². The van der Waals surface area contributed by atoms with Crippen molar-refractivity contribution in [2.45, 2.75) is 44.0 Å². The highest BCUT2D eigenvalue weighted by Crippen LogP contribution is 2.40. The highest BCUT2D eigenvalue weighted by atomic mass is 35.5. The van der Waals surface area contributed by atoms with Gasteiger partial charge in [0.15, 0.2) is 35.3 Å². The predicted molar refractivity (Wildman–Crippen MR) is 160 cm³/mol. The molecule has 0 aliphatic carbocycles. The Morgan fingerprint density at radius 3 is 2.80 bits per heavy atom. The quantitative estimate of drug-likeness (QED) is 0.0745. The van der Waals surface area contributed by atoms with Crippen LogP contribution in [0.25, 0.3) is 11.0 Å². The number of aryl methyl sites for hydroxylation is 1. The second-order valence-electron chi connectivity index (χ2n) is 9.79. The molecule has 2 aliphatic rings. The van der Waals surface area contributed by atoms with Gasteiger partial charge in [0, 0.05) is 23.9 Å². The zero-order valence-electron chi connectivity index (χ0n) is 23.0. The number of fused-ring (bicyclic) bond motifs is 2. The standard InChI is InChI=1S/C25H26ClN9O7S2/c1-11(23(38)39)42-32-16(15-19(26)44-25(28)31-15)20(36)30-17-21(37)35-18(24(40)41)12(9-43-22(17)35)7-33-6-3-14-13(8-33)29-10-34(14)5-2-4-27/h3,6,8,10-11,17,22H,2,4-5,7,9,27H2,1H3,(H4-,28,30,31,36,38,39,40,41)/p+1/b32-16-/t11-,17+,22?/m0/s1. The molecule has 0 saturated carbocycles. The van der Waals surface area contributed by atoms with Gasteiger partial charge in [-0.3, -0.25) is 14.5 Å². The second-order valence-corrected chi connectivity index (χ2v) is 12.5. The highest BCUT2D eigenvalue weighted by molar-refractivity contribution is 8.00. The first-order valence-electron chi connectivity index (χ1n) is 13.1. The van der Waals surface area contributed by atoms with Gasteiger partial charge in [0.2, 0.25) is 6.10 Å². The van der Waals surface area contributed by atoms with E-state index in [1.54, 1.807) is 10.9 Å². The van der Waals surface area contributed by atoms with Crippen LogP contribution in [-0.2, 0) is 37.1 Å². The van der Waals surface area contributed by atoms with E-state index in [2.05, 4.69) is 20.4 Å². The molecule has 16 nitrogen and oxygen atoms in total.